The van der Waals surface area contributed by atoms with Gasteiger partial charge in [0.25, 0.3) is 5.91 Å². The summed E-state index contributed by atoms with van der Waals surface area (Å²) in [5.41, 5.74) is 1.33. The summed E-state index contributed by atoms with van der Waals surface area (Å²) in [6.45, 7) is 3.73. The first kappa shape index (κ1) is 19.1. The number of aromatic nitrogens is 2. The maximum absolute atomic E-state index is 13.1. The highest BCUT2D eigenvalue weighted by Crippen LogP contribution is 2.28. The topological polar surface area (TPSA) is 68.5 Å². The van der Waals surface area contributed by atoms with E-state index in [9.17, 15) is 9.18 Å². The number of hydrogen-bond acceptors (Lipinski definition) is 5. The second-order valence-electron chi connectivity index (χ2n) is 7.01. The van der Waals surface area contributed by atoms with Crippen LogP contribution in [0.1, 0.15) is 41.9 Å². The third kappa shape index (κ3) is 4.29. The van der Waals surface area contributed by atoms with E-state index >= 15 is 0 Å². The lowest BCUT2D eigenvalue weighted by atomic mass is 9.97. The highest BCUT2D eigenvalue weighted by Gasteiger charge is 2.29. The van der Waals surface area contributed by atoms with Gasteiger partial charge in [-0.2, -0.15) is 4.98 Å². The van der Waals surface area contributed by atoms with Gasteiger partial charge in [-0.3, -0.25) is 4.79 Å². The first-order chi connectivity index (χ1) is 14.1. The van der Waals surface area contributed by atoms with Crippen LogP contribution in [0.15, 0.2) is 53.1 Å². The standard InChI is InChI=1S/C22H22FN3O3/c1-2-28-19-11-7-16(8-12-19)22(27)26-13-3-4-17(14-26)21-24-20(25-29-21)15-5-9-18(23)10-6-15/h5-12,17H,2-4,13-14H2,1H3. The monoisotopic (exact) mass is 395 g/mol. The summed E-state index contributed by atoms with van der Waals surface area (Å²) in [5.74, 6) is 1.34. The van der Waals surface area contributed by atoms with Crippen LogP contribution >= 0.6 is 0 Å². The number of amides is 1. The highest BCUT2D eigenvalue weighted by molar-refractivity contribution is 5.94. The van der Waals surface area contributed by atoms with Crippen molar-refractivity contribution in [2.45, 2.75) is 25.7 Å². The average molecular weight is 395 g/mol. The van der Waals surface area contributed by atoms with Gasteiger partial charge in [0.05, 0.1) is 12.5 Å². The molecule has 0 bridgehead atoms. The first-order valence-corrected chi connectivity index (χ1v) is 9.75. The lowest BCUT2D eigenvalue weighted by Gasteiger charge is -2.31. The molecule has 0 radical (unpaired) electrons. The van der Waals surface area contributed by atoms with Crippen LogP contribution in [0.4, 0.5) is 4.39 Å². The van der Waals surface area contributed by atoms with Crippen LogP contribution in [0.5, 0.6) is 5.75 Å². The fourth-order valence-corrected chi connectivity index (χ4v) is 3.52. The van der Waals surface area contributed by atoms with E-state index in [0.717, 1.165) is 18.6 Å². The van der Waals surface area contributed by atoms with Gasteiger partial charge in [-0.25, -0.2) is 4.39 Å². The summed E-state index contributed by atoms with van der Waals surface area (Å²) >= 11 is 0. The first-order valence-electron chi connectivity index (χ1n) is 9.75. The van der Waals surface area contributed by atoms with E-state index in [1.54, 1.807) is 24.3 Å². The number of likely N-dealkylation sites (tertiary alicyclic amines) is 1. The van der Waals surface area contributed by atoms with Gasteiger partial charge in [0.2, 0.25) is 11.7 Å². The van der Waals surface area contributed by atoms with Crippen molar-refractivity contribution in [2.75, 3.05) is 19.7 Å². The molecule has 6 nitrogen and oxygen atoms in total. The van der Waals surface area contributed by atoms with E-state index in [1.165, 1.54) is 12.1 Å². The minimum absolute atomic E-state index is 0.0166. The van der Waals surface area contributed by atoms with E-state index < -0.39 is 0 Å². The minimum Gasteiger partial charge on any atom is -0.494 e. The zero-order chi connectivity index (χ0) is 20.2. The molecular formula is C22H22FN3O3. The Morgan fingerprint density at radius 2 is 1.97 bits per heavy atom. The summed E-state index contributed by atoms with van der Waals surface area (Å²) in [6, 6.07) is 13.2. The number of carbonyl (C=O) groups is 1. The molecular weight excluding hydrogens is 373 g/mol. The summed E-state index contributed by atoms with van der Waals surface area (Å²) in [4.78, 5) is 19.2. The third-order valence-corrected chi connectivity index (χ3v) is 5.01. The molecule has 0 aliphatic carbocycles. The molecule has 7 heteroatoms. The Labute approximate surface area is 168 Å². The molecule has 0 spiro atoms. The number of halogens is 1. The molecule has 2 aromatic carbocycles. The molecule has 1 aliphatic rings. The predicted octanol–water partition coefficient (Wildman–Crippen LogP) is 4.29. The number of hydrogen-bond donors (Lipinski definition) is 0. The van der Waals surface area contributed by atoms with Crippen molar-refractivity contribution in [3.05, 3.63) is 65.8 Å². The number of nitrogens with zero attached hydrogens (tertiary/aromatic N) is 3. The van der Waals surface area contributed by atoms with Crippen molar-refractivity contribution in [3.63, 3.8) is 0 Å². The van der Waals surface area contributed by atoms with Gasteiger partial charge in [-0.15, -0.1) is 0 Å². The maximum atomic E-state index is 13.1. The predicted molar refractivity (Wildman–Crippen MR) is 105 cm³/mol. The van der Waals surface area contributed by atoms with Crippen molar-refractivity contribution in [1.82, 2.24) is 15.0 Å². The lowest BCUT2D eigenvalue weighted by molar-refractivity contribution is 0.0695. The molecule has 0 N–H and O–H groups in total. The molecule has 1 fully saturated rings. The zero-order valence-electron chi connectivity index (χ0n) is 16.2. The number of ether oxygens (including phenoxy) is 1. The average Bonchev–Trinajstić information content (AvgIpc) is 3.25. The number of piperidine rings is 1. The van der Waals surface area contributed by atoms with Crippen LogP contribution in [0, 0.1) is 5.82 Å². The smallest absolute Gasteiger partial charge is 0.253 e. The number of rotatable bonds is 5. The zero-order valence-corrected chi connectivity index (χ0v) is 16.2. The van der Waals surface area contributed by atoms with Gasteiger partial charge in [-0.1, -0.05) is 5.16 Å². The molecule has 1 unspecified atom stereocenters. The molecule has 0 saturated carbocycles. The van der Waals surface area contributed by atoms with E-state index in [2.05, 4.69) is 10.1 Å². The van der Waals surface area contributed by atoms with Crippen LogP contribution in [-0.2, 0) is 0 Å². The molecule has 1 amide bonds. The van der Waals surface area contributed by atoms with Gasteiger partial charge in [-0.05, 0) is 68.3 Å². The van der Waals surface area contributed by atoms with Crippen LogP contribution in [0.3, 0.4) is 0 Å². The fourth-order valence-electron chi connectivity index (χ4n) is 3.52. The lowest BCUT2D eigenvalue weighted by Crippen LogP contribution is -2.39. The third-order valence-electron chi connectivity index (χ3n) is 5.01. The van der Waals surface area contributed by atoms with Gasteiger partial charge < -0.3 is 14.2 Å². The Morgan fingerprint density at radius 1 is 1.21 bits per heavy atom. The molecule has 4 rings (SSSR count). The van der Waals surface area contributed by atoms with Crippen LogP contribution in [-0.4, -0.2) is 40.6 Å². The van der Waals surface area contributed by atoms with Gasteiger partial charge in [0, 0.05) is 24.2 Å². The van der Waals surface area contributed by atoms with Crippen LogP contribution in [0.2, 0.25) is 0 Å². The van der Waals surface area contributed by atoms with Crippen molar-refractivity contribution < 1.29 is 18.4 Å². The van der Waals surface area contributed by atoms with Gasteiger partial charge in [0.15, 0.2) is 0 Å². The number of carbonyl (C=O) groups excluding carboxylic acids is 1. The molecule has 150 valence electrons. The van der Waals surface area contributed by atoms with E-state index in [-0.39, 0.29) is 17.6 Å². The highest BCUT2D eigenvalue weighted by atomic mass is 19.1. The molecule has 1 saturated heterocycles. The SMILES string of the molecule is CCOc1ccc(C(=O)N2CCCC(c3nc(-c4ccc(F)cc4)no3)C2)cc1. The van der Waals surface area contributed by atoms with Crippen molar-refractivity contribution in [3.8, 4) is 17.1 Å². The fraction of sp³-hybridized carbons (Fsp3) is 0.318. The molecule has 1 aromatic heterocycles. The van der Waals surface area contributed by atoms with Crippen LogP contribution in [0.25, 0.3) is 11.4 Å². The van der Waals surface area contributed by atoms with E-state index in [1.807, 2.05) is 24.0 Å². The largest absolute Gasteiger partial charge is 0.494 e. The summed E-state index contributed by atoms with van der Waals surface area (Å²) < 4.78 is 24.0. The Bertz CT molecular complexity index is 970. The quantitative estimate of drug-likeness (QED) is 0.644. The van der Waals surface area contributed by atoms with Gasteiger partial charge in [0.1, 0.15) is 11.6 Å². The van der Waals surface area contributed by atoms with Crippen molar-refractivity contribution in [2.24, 2.45) is 0 Å². The summed E-state index contributed by atoms with van der Waals surface area (Å²) in [7, 11) is 0. The molecule has 29 heavy (non-hydrogen) atoms. The molecule has 3 aromatic rings. The second-order valence-corrected chi connectivity index (χ2v) is 7.01. The van der Waals surface area contributed by atoms with E-state index in [0.29, 0.717) is 42.5 Å². The molecule has 2 heterocycles. The Kier molecular flexibility index (Phi) is 5.55. The Morgan fingerprint density at radius 3 is 2.69 bits per heavy atom. The van der Waals surface area contributed by atoms with Crippen molar-refractivity contribution in [1.29, 1.82) is 0 Å². The van der Waals surface area contributed by atoms with Gasteiger partial charge >= 0.3 is 0 Å². The Balaban J connectivity index is 1.45. The minimum atomic E-state index is -0.312. The van der Waals surface area contributed by atoms with Crippen molar-refractivity contribution >= 4 is 5.91 Å². The summed E-state index contributed by atoms with van der Waals surface area (Å²) in [6.07, 6.45) is 1.74. The summed E-state index contributed by atoms with van der Waals surface area (Å²) in [5, 5.41) is 4.02. The maximum Gasteiger partial charge on any atom is 0.253 e. The normalized spacial score (nSPS) is 16.6. The molecule has 1 aliphatic heterocycles. The van der Waals surface area contributed by atoms with E-state index in [4.69, 9.17) is 9.26 Å². The molecule has 1 atom stereocenters. The van der Waals surface area contributed by atoms with Crippen LogP contribution < -0.4 is 4.74 Å². The Hall–Kier alpha value is -3.22. The number of benzene rings is 2. The second kappa shape index (κ2) is 8.43.